The zero-order chi connectivity index (χ0) is 14.9. The summed E-state index contributed by atoms with van der Waals surface area (Å²) in [6.45, 7) is 2.07. The topological polar surface area (TPSA) is 66.5 Å². The van der Waals surface area contributed by atoms with E-state index in [1.807, 2.05) is 23.6 Å². The molecule has 0 fully saturated rings. The van der Waals surface area contributed by atoms with Crippen LogP contribution in [0.15, 0.2) is 48.1 Å². The molecule has 0 unspecified atom stereocenters. The molecule has 0 aliphatic carbocycles. The molecule has 0 saturated carbocycles. The maximum absolute atomic E-state index is 4.36. The fourth-order valence-electron chi connectivity index (χ4n) is 2.34. The number of hydrogen-bond acceptors (Lipinski definition) is 5. The van der Waals surface area contributed by atoms with Gasteiger partial charge in [-0.25, -0.2) is 9.97 Å². The van der Waals surface area contributed by atoms with E-state index < -0.39 is 0 Å². The van der Waals surface area contributed by atoms with Crippen LogP contribution >= 0.6 is 11.3 Å². The van der Waals surface area contributed by atoms with Crippen molar-refractivity contribution >= 4 is 33.2 Å². The van der Waals surface area contributed by atoms with Gasteiger partial charge in [0, 0.05) is 11.6 Å². The molecule has 1 aromatic carbocycles. The number of fused-ring (bicyclic) bond motifs is 1. The number of rotatable bonds is 3. The highest BCUT2D eigenvalue weighted by atomic mass is 32.1. The van der Waals surface area contributed by atoms with Crippen molar-refractivity contribution in [3.8, 4) is 11.3 Å². The van der Waals surface area contributed by atoms with Crippen LogP contribution in [0.1, 0.15) is 5.56 Å². The van der Waals surface area contributed by atoms with Crippen molar-refractivity contribution in [2.75, 3.05) is 5.32 Å². The van der Waals surface area contributed by atoms with E-state index in [4.69, 9.17) is 0 Å². The van der Waals surface area contributed by atoms with E-state index in [9.17, 15) is 0 Å². The van der Waals surface area contributed by atoms with Crippen molar-refractivity contribution in [3.05, 3.63) is 53.7 Å². The summed E-state index contributed by atoms with van der Waals surface area (Å²) in [4.78, 5) is 8.55. The van der Waals surface area contributed by atoms with Crippen molar-refractivity contribution in [1.29, 1.82) is 0 Å². The molecule has 4 rings (SSSR count). The average molecular weight is 307 g/mol. The van der Waals surface area contributed by atoms with Crippen LogP contribution in [0.3, 0.4) is 0 Å². The molecule has 0 amide bonds. The van der Waals surface area contributed by atoms with Gasteiger partial charge in [0.05, 0.1) is 15.9 Å². The molecule has 108 valence electrons. The van der Waals surface area contributed by atoms with E-state index in [2.05, 4.69) is 50.6 Å². The van der Waals surface area contributed by atoms with Gasteiger partial charge in [0.2, 0.25) is 0 Å². The lowest BCUT2D eigenvalue weighted by molar-refractivity contribution is 1.09. The van der Waals surface area contributed by atoms with E-state index in [-0.39, 0.29) is 0 Å². The Morgan fingerprint density at radius 2 is 2.09 bits per heavy atom. The van der Waals surface area contributed by atoms with Crippen molar-refractivity contribution in [1.82, 2.24) is 20.2 Å². The van der Waals surface area contributed by atoms with E-state index in [1.54, 1.807) is 17.7 Å². The van der Waals surface area contributed by atoms with E-state index in [0.29, 0.717) is 0 Å². The molecule has 0 aliphatic rings. The third-order valence-electron chi connectivity index (χ3n) is 3.39. The van der Waals surface area contributed by atoms with Gasteiger partial charge in [-0.2, -0.15) is 5.10 Å². The first-order valence-electron chi connectivity index (χ1n) is 6.87. The number of thiophene rings is 1. The van der Waals surface area contributed by atoms with Gasteiger partial charge in [-0.3, -0.25) is 5.10 Å². The predicted octanol–water partition coefficient (Wildman–Crippen LogP) is 4.13. The maximum atomic E-state index is 4.36. The second-order valence-corrected chi connectivity index (χ2v) is 5.93. The summed E-state index contributed by atoms with van der Waals surface area (Å²) < 4.78 is 1.04. The van der Waals surface area contributed by atoms with Crippen LogP contribution < -0.4 is 5.32 Å². The zero-order valence-electron chi connectivity index (χ0n) is 11.9. The zero-order valence-corrected chi connectivity index (χ0v) is 12.7. The number of anilines is 2. The second-order valence-electron chi connectivity index (χ2n) is 5.02. The highest BCUT2D eigenvalue weighted by Gasteiger charge is 2.08. The highest BCUT2D eigenvalue weighted by Crippen LogP contribution is 2.28. The Bertz CT molecular complexity index is 940. The summed E-state index contributed by atoms with van der Waals surface area (Å²) in [5.41, 5.74) is 4.16. The van der Waals surface area contributed by atoms with Crippen molar-refractivity contribution in [2.24, 2.45) is 0 Å². The third-order valence-corrected chi connectivity index (χ3v) is 4.30. The number of hydrogen-bond donors (Lipinski definition) is 2. The molecular formula is C16H13N5S. The van der Waals surface area contributed by atoms with Crippen LogP contribution in [0, 0.1) is 6.92 Å². The van der Waals surface area contributed by atoms with Crippen LogP contribution in [0.2, 0.25) is 0 Å². The molecule has 3 heterocycles. The number of nitrogens with one attached hydrogen (secondary N) is 2. The van der Waals surface area contributed by atoms with Crippen molar-refractivity contribution in [3.63, 3.8) is 0 Å². The molecule has 4 aromatic rings. The van der Waals surface area contributed by atoms with Crippen molar-refractivity contribution < 1.29 is 0 Å². The standard InChI is InChI=1S/C16H13N5S/c1-10-3-2-4-11(7-10)13-8-14(21-20-13)19-16-15-12(5-6-22-15)17-9-18-16/h2-9H,1H3,(H2,17,18,19,20,21). The molecular weight excluding hydrogens is 294 g/mol. The highest BCUT2D eigenvalue weighted by molar-refractivity contribution is 7.17. The quantitative estimate of drug-likeness (QED) is 0.597. The minimum absolute atomic E-state index is 0.791. The van der Waals surface area contributed by atoms with Crippen LogP contribution in [0.4, 0.5) is 11.6 Å². The molecule has 0 atom stereocenters. The normalized spacial score (nSPS) is 11.0. The summed E-state index contributed by atoms with van der Waals surface area (Å²) in [6.07, 6.45) is 1.56. The van der Waals surface area contributed by atoms with E-state index in [0.717, 1.165) is 33.1 Å². The van der Waals surface area contributed by atoms with Crippen LogP contribution in [-0.4, -0.2) is 20.2 Å². The van der Waals surface area contributed by atoms with E-state index >= 15 is 0 Å². The number of benzene rings is 1. The fraction of sp³-hybridized carbons (Fsp3) is 0.0625. The van der Waals surface area contributed by atoms with Gasteiger partial charge >= 0.3 is 0 Å². The minimum atomic E-state index is 0.791. The Morgan fingerprint density at radius 3 is 3.00 bits per heavy atom. The lowest BCUT2D eigenvalue weighted by Gasteiger charge is -2.02. The molecule has 0 spiro atoms. The molecule has 3 aromatic heterocycles. The fourth-order valence-corrected chi connectivity index (χ4v) is 3.13. The smallest absolute Gasteiger partial charge is 0.152 e. The van der Waals surface area contributed by atoms with Gasteiger partial charge < -0.3 is 5.32 Å². The number of aromatic nitrogens is 4. The number of H-pyrrole nitrogens is 1. The Morgan fingerprint density at radius 1 is 1.14 bits per heavy atom. The molecule has 0 radical (unpaired) electrons. The third kappa shape index (κ3) is 2.33. The first-order valence-corrected chi connectivity index (χ1v) is 7.75. The largest absolute Gasteiger partial charge is 0.324 e. The first kappa shape index (κ1) is 13.0. The summed E-state index contributed by atoms with van der Waals surface area (Å²) in [5.74, 6) is 1.60. The summed E-state index contributed by atoms with van der Waals surface area (Å²) in [7, 11) is 0. The Hall–Kier alpha value is -2.73. The molecule has 2 N–H and O–H groups in total. The molecule has 0 bridgehead atoms. The minimum Gasteiger partial charge on any atom is -0.324 e. The predicted molar refractivity (Wildman–Crippen MR) is 89.5 cm³/mol. The van der Waals surface area contributed by atoms with Gasteiger partial charge in [-0.05, 0) is 24.4 Å². The maximum Gasteiger partial charge on any atom is 0.152 e. The molecule has 0 saturated heterocycles. The van der Waals surface area contributed by atoms with Gasteiger partial charge in [-0.1, -0.05) is 23.8 Å². The monoisotopic (exact) mass is 307 g/mol. The van der Waals surface area contributed by atoms with Crippen LogP contribution in [0.5, 0.6) is 0 Å². The van der Waals surface area contributed by atoms with Crippen molar-refractivity contribution in [2.45, 2.75) is 6.92 Å². The van der Waals surface area contributed by atoms with Gasteiger partial charge in [0.25, 0.3) is 0 Å². The summed E-state index contributed by atoms with van der Waals surface area (Å²) >= 11 is 1.62. The lowest BCUT2D eigenvalue weighted by Crippen LogP contribution is -1.94. The van der Waals surface area contributed by atoms with Gasteiger partial charge in [0.15, 0.2) is 5.82 Å². The Kier molecular flexibility index (Phi) is 3.08. The Balaban J connectivity index is 1.66. The van der Waals surface area contributed by atoms with Gasteiger partial charge in [-0.15, -0.1) is 11.3 Å². The molecule has 0 aliphatic heterocycles. The first-order chi connectivity index (χ1) is 10.8. The molecule has 22 heavy (non-hydrogen) atoms. The summed E-state index contributed by atoms with van der Waals surface area (Å²) in [6, 6.07) is 12.2. The van der Waals surface area contributed by atoms with E-state index in [1.165, 1.54) is 5.56 Å². The number of aryl methyl sites for hydroxylation is 1. The van der Waals surface area contributed by atoms with Gasteiger partial charge in [0.1, 0.15) is 12.1 Å². The number of nitrogens with zero attached hydrogens (tertiary/aromatic N) is 3. The molecule has 6 heteroatoms. The second kappa shape index (κ2) is 5.23. The average Bonchev–Trinajstić information content (AvgIpc) is 3.16. The summed E-state index contributed by atoms with van der Waals surface area (Å²) in [5, 5.41) is 12.7. The van der Waals surface area contributed by atoms with Crippen LogP contribution in [0.25, 0.3) is 21.5 Å². The Labute approximate surface area is 131 Å². The number of aromatic amines is 1. The van der Waals surface area contributed by atoms with Crippen LogP contribution in [-0.2, 0) is 0 Å². The molecule has 5 nitrogen and oxygen atoms in total. The lowest BCUT2D eigenvalue weighted by atomic mass is 10.1. The SMILES string of the molecule is Cc1cccc(-c2cc(Nc3ncnc4ccsc34)[nH]n2)c1.